The highest BCUT2D eigenvalue weighted by atomic mass is 19.1. The number of nitrogens with two attached hydrogens (primary N) is 1. The Morgan fingerprint density at radius 3 is 2.65 bits per heavy atom. The topological polar surface area (TPSA) is 102 Å². The summed E-state index contributed by atoms with van der Waals surface area (Å²) in [6.07, 6.45) is 2.14. The minimum atomic E-state index is -0.401. The van der Waals surface area contributed by atoms with Crippen molar-refractivity contribution in [3.8, 4) is 5.75 Å². The fourth-order valence-corrected chi connectivity index (χ4v) is 4.37. The molecule has 0 amide bonds. The largest absolute Gasteiger partial charge is 0.489 e. The molecule has 10 heteroatoms. The zero-order chi connectivity index (χ0) is 26.2. The molecule has 37 heavy (non-hydrogen) atoms. The maximum atomic E-state index is 15.0. The Hall–Kier alpha value is -3.47. The normalized spacial score (nSPS) is 14.1. The van der Waals surface area contributed by atoms with Gasteiger partial charge in [0.05, 0.1) is 35.8 Å². The van der Waals surface area contributed by atoms with Gasteiger partial charge >= 0.3 is 0 Å². The van der Waals surface area contributed by atoms with E-state index in [0.29, 0.717) is 48.6 Å². The maximum Gasteiger partial charge on any atom is 0.293 e. The van der Waals surface area contributed by atoms with Gasteiger partial charge in [0.2, 0.25) is 0 Å². The molecule has 198 valence electrons. The Morgan fingerprint density at radius 2 is 1.95 bits per heavy atom. The van der Waals surface area contributed by atoms with Crippen molar-refractivity contribution in [3.63, 3.8) is 0 Å². The van der Waals surface area contributed by atoms with E-state index in [1.807, 2.05) is 12.1 Å². The first-order valence-corrected chi connectivity index (χ1v) is 12.4. The first kappa shape index (κ1) is 26.6. The minimum absolute atomic E-state index is 0.184. The molecule has 0 spiro atoms. The monoisotopic (exact) mass is 511 g/mol. The van der Waals surface area contributed by atoms with Gasteiger partial charge in [-0.3, -0.25) is 9.78 Å². The molecule has 3 N–H and O–H groups in total. The van der Waals surface area contributed by atoms with Crippen molar-refractivity contribution in [3.05, 3.63) is 53.5 Å². The van der Waals surface area contributed by atoms with Gasteiger partial charge in [-0.2, -0.15) is 0 Å². The van der Waals surface area contributed by atoms with Crippen molar-refractivity contribution >= 4 is 34.4 Å². The first-order valence-electron chi connectivity index (χ1n) is 12.4. The van der Waals surface area contributed by atoms with Crippen molar-refractivity contribution in [1.29, 1.82) is 0 Å². The van der Waals surface area contributed by atoms with Gasteiger partial charge in [-0.25, -0.2) is 4.39 Å². The molecule has 1 aliphatic rings. The highest BCUT2D eigenvalue weighted by Gasteiger charge is 2.21. The summed E-state index contributed by atoms with van der Waals surface area (Å²) < 4.78 is 31.2. The second-order valence-corrected chi connectivity index (χ2v) is 8.99. The summed E-state index contributed by atoms with van der Waals surface area (Å²) in [5.41, 5.74) is 9.86. The van der Waals surface area contributed by atoms with Crippen molar-refractivity contribution in [1.82, 2.24) is 9.88 Å². The molecule has 1 saturated heterocycles. The van der Waals surface area contributed by atoms with E-state index in [2.05, 4.69) is 27.1 Å². The maximum absolute atomic E-state index is 15.0. The summed E-state index contributed by atoms with van der Waals surface area (Å²) in [6.45, 7) is 5.29. The van der Waals surface area contributed by atoms with Crippen molar-refractivity contribution in [2.24, 2.45) is 5.73 Å². The third kappa shape index (κ3) is 6.46. The van der Waals surface area contributed by atoms with E-state index < -0.39 is 5.82 Å². The molecule has 0 atom stereocenters. The number of likely N-dealkylation sites (N-methyl/N-ethyl adjacent to an activating group) is 1. The number of fused-ring (bicyclic) bond motifs is 1. The second-order valence-electron chi connectivity index (χ2n) is 8.99. The number of methoxy groups -OCH3 is 1. The molecule has 4 rings (SSSR count). The number of piperazine rings is 1. The molecular weight excluding hydrogens is 477 g/mol. The van der Waals surface area contributed by atoms with Crippen LogP contribution in [0.4, 0.5) is 21.5 Å². The number of carbonyl (C=O) groups excluding carboxylic acids is 1. The van der Waals surface area contributed by atoms with Crippen LogP contribution >= 0.6 is 0 Å². The van der Waals surface area contributed by atoms with Gasteiger partial charge in [0.1, 0.15) is 18.2 Å². The Labute approximate surface area is 216 Å². The average Bonchev–Trinajstić information content (AvgIpc) is 2.91. The zero-order valence-corrected chi connectivity index (χ0v) is 21.3. The SMILES string of the molecule is COCCOc1cc2ncc(CCOC=O)c(Nc3ccc(CN)cc3F)c2cc1N1CCN(C)CC1. The van der Waals surface area contributed by atoms with Gasteiger partial charge in [-0.1, -0.05) is 6.07 Å². The van der Waals surface area contributed by atoms with Crippen LogP contribution in [0, 0.1) is 5.82 Å². The Balaban J connectivity index is 1.81. The number of ether oxygens (including phenoxy) is 3. The number of nitrogens with one attached hydrogen (secondary N) is 1. The van der Waals surface area contributed by atoms with E-state index in [9.17, 15) is 9.18 Å². The molecule has 1 fully saturated rings. The third-order valence-electron chi connectivity index (χ3n) is 6.50. The molecule has 9 nitrogen and oxygen atoms in total. The summed E-state index contributed by atoms with van der Waals surface area (Å²) >= 11 is 0. The highest BCUT2D eigenvalue weighted by Crippen LogP contribution is 2.39. The van der Waals surface area contributed by atoms with Gasteiger partial charge in [0, 0.05) is 63.9 Å². The third-order valence-corrected chi connectivity index (χ3v) is 6.50. The Bertz CT molecular complexity index is 1220. The quantitative estimate of drug-likeness (QED) is 0.281. The number of hydrogen-bond donors (Lipinski definition) is 2. The van der Waals surface area contributed by atoms with Crippen LogP contribution < -0.4 is 20.7 Å². The lowest BCUT2D eigenvalue weighted by molar-refractivity contribution is -0.128. The molecule has 1 aromatic heterocycles. The molecule has 0 bridgehead atoms. The average molecular weight is 512 g/mol. The van der Waals surface area contributed by atoms with Gasteiger partial charge in [-0.05, 0) is 36.4 Å². The molecule has 0 saturated carbocycles. The van der Waals surface area contributed by atoms with Gasteiger partial charge in [0.25, 0.3) is 6.47 Å². The summed E-state index contributed by atoms with van der Waals surface area (Å²) in [6, 6.07) is 8.87. The number of benzene rings is 2. The standard InChI is InChI=1S/C27H34FN5O4/c1-32-6-8-33(9-7-32)25-14-21-24(15-26(25)37-12-11-35-2)30-17-20(5-10-36-18-34)27(21)31-23-4-3-19(16-29)13-22(23)28/h3-4,13-15,17-18H,5-12,16,29H2,1-2H3,(H,30,31). The number of carbonyl (C=O) groups is 1. The molecule has 2 heterocycles. The van der Waals surface area contributed by atoms with Crippen molar-refractivity contribution < 1.29 is 23.4 Å². The summed E-state index contributed by atoms with van der Waals surface area (Å²) in [5, 5.41) is 4.10. The number of pyridine rings is 1. The predicted molar refractivity (Wildman–Crippen MR) is 142 cm³/mol. The lowest BCUT2D eigenvalue weighted by Crippen LogP contribution is -2.44. The number of aromatic nitrogens is 1. The van der Waals surface area contributed by atoms with Crippen LogP contribution in [0.5, 0.6) is 5.75 Å². The molecular formula is C27H34FN5O4. The lowest BCUT2D eigenvalue weighted by Gasteiger charge is -2.35. The van der Waals surface area contributed by atoms with Crippen molar-refractivity contribution in [2.75, 3.05) is 70.4 Å². The van der Waals surface area contributed by atoms with Crippen LogP contribution in [-0.2, 0) is 27.2 Å². The summed E-state index contributed by atoms with van der Waals surface area (Å²) in [5.74, 6) is 0.324. The van der Waals surface area contributed by atoms with E-state index in [1.165, 1.54) is 6.07 Å². The predicted octanol–water partition coefficient (Wildman–Crippen LogP) is 3.07. The van der Waals surface area contributed by atoms with Crippen LogP contribution in [0.3, 0.4) is 0 Å². The van der Waals surface area contributed by atoms with E-state index in [4.69, 9.17) is 19.9 Å². The van der Waals surface area contributed by atoms with E-state index >= 15 is 0 Å². The van der Waals surface area contributed by atoms with Crippen LogP contribution in [0.25, 0.3) is 10.9 Å². The smallest absolute Gasteiger partial charge is 0.293 e. The zero-order valence-electron chi connectivity index (χ0n) is 21.3. The van der Waals surface area contributed by atoms with Crippen LogP contribution in [-0.4, -0.2) is 76.5 Å². The van der Waals surface area contributed by atoms with E-state index in [1.54, 1.807) is 25.4 Å². The number of nitrogens with zero attached hydrogens (tertiary/aromatic N) is 3. The molecule has 3 aromatic rings. The fraction of sp³-hybridized carbons (Fsp3) is 0.407. The van der Waals surface area contributed by atoms with Crippen molar-refractivity contribution in [2.45, 2.75) is 13.0 Å². The molecule has 0 radical (unpaired) electrons. The van der Waals surface area contributed by atoms with Gasteiger partial charge < -0.3 is 35.1 Å². The van der Waals surface area contributed by atoms with E-state index in [-0.39, 0.29) is 13.2 Å². The molecule has 2 aromatic carbocycles. The number of halogens is 1. The Morgan fingerprint density at radius 1 is 1.14 bits per heavy atom. The van der Waals surface area contributed by atoms with Gasteiger partial charge in [-0.15, -0.1) is 0 Å². The van der Waals surface area contributed by atoms with E-state index in [0.717, 1.165) is 48.6 Å². The first-order chi connectivity index (χ1) is 18.0. The Kier molecular flexibility index (Phi) is 9.10. The van der Waals surface area contributed by atoms with Gasteiger partial charge in [0.15, 0.2) is 0 Å². The number of rotatable bonds is 12. The molecule has 0 unspecified atom stereocenters. The minimum Gasteiger partial charge on any atom is -0.489 e. The number of anilines is 3. The molecule has 0 aliphatic carbocycles. The summed E-state index contributed by atoms with van der Waals surface area (Å²) in [7, 11) is 3.75. The molecule has 1 aliphatic heterocycles. The summed E-state index contributed by atoms with van der Waals surface area (Å²) in [4.78, 5) is 20.0. The lowest BCUT2D eigenvalue weighted by atomic mass is 10.0. The number of hydrogen-bond acceptors (Lipinski definition) is 9. The van der Waals surface area contributed by atoms with Crippen LogP contribution in [0.1, 0.15) is 11.1 Å². The highest BCUT2D eigenvalue weighted by molar-refractivity contribution is 5.98. The van der Waals surface area contributed by atoms with Crippen LogP contribution in [0.15, 0.2) is 36.5 Å². The second kappa shape index (κ2) is 12.7. The fourth-order valence-electron chi connectivity index (χ4n) is 4.37. The van der Waals surface area contributed by atoms with Crippen LogP contribution in [0.2, 0.25) is 0 Å².